The number of carbonyl (C=O) groups excluding carboxylic acids is 2. The Kier molecular flexibility index (Phi) is 11.6. The lowest BCUT2D eigenvalue weighted by Gasteiger charge is -2.21. The average Bonchev–Trinajstić information content (AvgIpc) is 2.72. The summed E-state index contributed by atoms with van der Waals surface area (Å²) in [6.45, 7) is -0.199. The van der Waals surface area contributed by atoms with Crippen molar-refractivity contribution in [2.75, 3.05) is 13.2 Å². The van der Waals surface area contributed by atoms with Crippen LogP contribution in [0.5, 0.6) is 0 Å². The van der Waals surface area contributed by atoms with Gasteiger partial charge >= 0.3 is 11.9 Å². The largest absolute Gasteiger partial charge is 0.463 e. The van der Waals surface area contributed by atoms with Gasteiger partial charge in [0.05, 0.1) is 0 Å². The molecule has 28 heavy (non-hydrogen) atoms. The van der Waals surface area contributed by atoms with Crippen LogP contribution in [0.25, 0.3) is 0 Å². The molecule has 2 saturated carbocycles. The summed E-state index contributed by atoms with van der Waals surface area (Å²) >= 11 is 0. The predicted octanol–water partition coefficient (Wildman–Crippen LogP) is 4.93. The van der Waals surface area contributed by atoms with E-state index in [1.54, 1.807) is 0 Å². The van der Waals surface area contributed by atoms with Crippen molar-refractivity contribution in [3.8, 4) is 0 Å². The predicted molar refractivity (Wildman–Crippen MR) is 109 cm³/mol. The third kappa shape index (κ3) is 10.4. The van der Waals surface area contributed by atoms with E-state index < -0.39 is 6.10 Å². The molecule has 0 amide bonds. The first kappa shape index (κ1) is 23.2. The molecular formula is C23H40O5. The van der Waals surface area contributed by atoms with Gasteiger partial charge in [0.1, 0.15) is 19.3 Å². The highest BCUT2D eigenvalue weighted by molar-refractivity contribution is 5.69. The van der Waals surface area contributed by atoms with Crippen molar-refractivity contribution < 1.29 is 24.2 Å². The first-order valence-electron chi connectivity index (χ1n) is 11.6. The van der Waals surface area contributed by atoms with Gasteiger partial charge in [-0.25, -0.2) is 0 Å². The van der Waals surface area contributed by atoms with E-state index in [0.717, 1.165) is 37.5 Å². The Morgan fingerprint density at radius 2 is 1.11 bits per heavy atom. The van der Waals surface area contributed by atoms with Crippen molar-refractivity contribution in [1.82, 2.24) is 0 Å². The lowest BCUT2D eigenvalue weighted by Crippen LogP contribution is -2.25. The highest BCUT2D eigenvalue weighted by Gasteiger charge is 2.16. The molecule has 0 unspecified atom stereocenters. The monoisotopic (exact) mass is 396 g/mol. The van der Waals surface area contributed by atoms with E-state index in [9.17, 15) is 14.7 Å². The van der Waals surface area contributed by atoms with Crippen molar-refractivity contribution >= 4 is 11.9 Å². The van der Waals surface area contributed by atoms with E-state index in [2.05, 4.69) is 0 Å². The van der Waals surface area contributed by atoms with Crippen LogP contribution < -0.4 is 0 Å². The van der Waals surface area contributed by atoms with Crippen molar-refractivity contribution in [3.63, 3.8) is 0 Å². The number of aliphatic hydroxyl groups is 1. The van der Waals surface area contributed by atoms with Gasteiger partial charge in [-0.2, -0.15) is 0 Å². The van der Waals surface area contributed by atoms with E-state index in [1.807, 2.05) is 0 Å². The molecule has 5 nitrogen and oxygen atoms in total. The van der Waals surface area contributed by atoms with Crippen LogP contribution in [0.4, 0.5) is 0 Å². The van der Waals surface area contributed by atoms with Crippen LogP contribution >= 0.6 is 0 Å². The van der Waals surface area contributed by atoms with Crippen molar-refractivity contribution in [3.05, 3.63) is 0 Å². The maximum atomic E-state index is 11.8. The molecule has 0 aromatic carbocycles. The van der Waals surface area contributed by atoms with Gasteiger partial charge in [-0.1, -0.05) is 64.2 Å². The Morgan fingerprint density at radius 3 is 1.50 bits per heavy atom. The van der Waals surface area contributed by atoms with Crippen LogP contribution in [0.15, 0.2) is 0 Å². The standard InChI is InChI=1S/C23H40O5/c24-21(17-27-22(25)15-7-13-19-9-3-1-4-10-19)18-28-23(26)16-8-14-20-11-5-2-6-12-20/h19-21,24H,1-18H2. The zero-order chi connectivity index (χ0) is 20.0. The first-order valence-corrected chi connectivity index (χ1v) is 11.6. The molecule has 0 radical (unpaired) electrons. The van der Waals surface area contributed by atoms with Gasteiger partial charge in [0, 0.05) is 12.8 Å². The summed E-state index contributed by atoms with van der Waals surface area (Å²) in [6.07, 6.45) is 16.9. The summed E-state index contributed by atoms with van der Waals surface area (Å²) in [5.74, 6) is 0.997. The molecule has 2 aliphatic rings. The Labute approximate surface area is 170 Å². The normalized spacial score (nSPS) is 18.9. The Hall–Kier alpha value is -1.10. The average molecular weight is 397 g/mol. The van der Waals surface area contributed by atoms with E-state index in [4.69, 9.17) is 9.47 Å². The van der Waals surface area contributed by atoms with E-state index in [0.29, 0.717) is 12.8 Å². The summed E-state index contributed by atoms with van der Waals surface area (Å²) in [7, 11) is 0. The van der Waals surface area contributed by atoms with Gasteiger partial charge < -0.3 is 14.6 Å². The molecule has 2 aliphatic carbocycles. The minimum absolute atomic E-state index is 0.0996. The van der Waals surface area contributed by atoms with E-state index in [-0.39, 0.29) is 25.2 Å². The molecule has 162 valence electrons. The second kappa shape index (κ2) is 14.0. The molecule has 0 atom stereocenters. The van der Waals surface area contributed by atoms with Crippen molar-refractivity contribution in [2.45, 2.75) is 109 Å². The zero-order valence-corrected chi connectivity index (χ0v) is 17.5. The number of aliphatic hydroxyl groups excluding tert-OH is 1. The van der Waals surface area contributed by atoms with Gasteiger partial charge in [0.15, 0.2) is 0 Å². The van der Waals surface area contributed by atoms with Crippen LogP contribution in [0.3, 0.4) is 0 Å². The first-order chi connectivity index (χ1) is 13.6. The topological polar surface area (TPSA) is 72.8 Å². The fourth-order valence-electron chi connectivity index (χ4n) is 4.59. The van der Waals surface area contributed by atoms with E-state index in [1.165, 1.54) is 64.2 Å². The maximum Gasteiger partial charge on any atom is 0.305 e. The lowest BCUT2D eigenvalue weighted by molar-refractivity contribution is -0.152. The van der Waals surface area contributed by atoms with Crippen LogP contribution in [-0.4, -0.2) is 36.4 Å². The van der Waals surface area contributed by atoms with Gasteiger partial charge in [-0.15, -0.1) is 0 Å². The molecule has 0 saturated heterocycles. The quantitative estimate of drug-likeness (QED) is 0.473. The SMILES string of the molecule is O=C(CCCC1CCCCC1)OCC(O)COC(=O)CCCC1CCCCC1. The number of carbonyl (C=O) groups is 2. The molecule has 0 aromatic rings. The van der Waals surface area contributed by atoms with Crippen molar-refractivity contribution in [1.29, 1.82) is 0 Å². The summed E-state index contributed by atoms with van der Waals surface area (Å²) in [5, 5.41) is 9.85. The molecule has 2 rings (SSSR count). The fraction of sp³-hybridized carbons (Fsp3) is 0.913. The number of hydrogen-bond donors (Lipinski definition) is 1. The number of ether oxygens (including phenoxy) is 2. The number of hydrogen-bond acceptors (Lipinski definition) is 5. The highest BCUT2D eigenvalue weighted by Crippen LogP contribution is 2.28. The molecule has 0 aromatic heterocycles. The molecule has 0 aliphatic heterocycles. The molecular weight excluding hydrogens is 356 g/mol. The third-order valence-corrected chi connectivity index (χ3v) is 6.31. The van der Waals surface area contributed by atoms with Crippen LogP contribution in [0.1, 0.15) is 103 Å². The van der Waals surface area contributed by atoms with Gasteiger partial charge in [0.2, 0.25) is 0 Å². The van der Waals surface area contributed by atoms with E-state index >= 15 is 0 Å². The third-order valence-electron chi connectivity index (χ3n) is 6.31. The van der Waals surface area contributed by atoms with Crippen LogP contribution in [0, 0.1) is 11.8 Å². The number of esters is 2. The minimum atomic E-state index is -0.940. The lowest BCUT2D eigenvalue weighted by atomic mass is 9.86. The van der Waals surface area contributed by atoms with Crippen LogP contribution in [-0.2, 0) is 19.1 Å². The molecule has 0 heterocycles. The molecule has 1 N–H and O–H groups in total. The summed E-state index contributed by atoms with van der Waals surface area (Å²) in [5.41, 5.74) is 0. The summed E-state index contributed by atoms with van der Waals surface area (Å²) in [4.78, 5) is 23.6. The Balaban J connectivity index is 1.43. The second-order valence-electron chi connectivity index (χ2n) is 8.81. The minimum Gasteiger partial charge on any atom is -0.463 e. The Bertz CT molecular complexity index is 398. The fourth-order valence-corrected chi connectivity index (χ4v) is 4.59. The number of rotatable bonds is 12. The molecule has 0 spiro atoms. The zero-order valence-electron chi connectivity index (χ0n) is 17.5. The van der Waals surface area contributed by atoms with Crippen molar-refractivity contribution in [2.24, 2.45) is 11.8 Å². The van der Waals surface area contributed by atoms with Gasteiger partial charge in [0.25, 0.3) is 0 Å². The Morgan fingerprint density at radius 1 is 0.714 bits per heavy atom. The van der Waals surface area contributed by atoms with Gasteiger partial charge in [-0.3, -0.25) is 9.59 Å². The molecule has 0 bridgehead atoms. The molecule has 5 heteroatoms. The smallest absolute Gasteiger partial charge is 0.305 e. The van der Waals surface area contributed by atoms with Crippen LogP contribution in [0.2, 0.25) is 0 Å². The summed E-state index contributed by atoms with van der Waals surface area (Å²) in [6, 6.07) is 0. The second-order valence-corrected chi connectivity index (χ2v) is 8.81. The highest BCUT2D eigenvalue weighted by atomic mass is 16.6. The molecule has 2 fully saturated rings. The van der Waals surface area contributed by atoms with Gasteiger partial charge in [-0.05, 0) is 37.5 Å². The summed E-state index contributed by atoms with van der Waals surface area (Å²) < 4.78 is 10.2. The maximum absolute atomic E-state index is 11.8.